The fraction of sp³-hybridized carbons (Fsp3) is 0.533. The molecule has 4 N–H and O–H groups in total. The van der Waals surface area contributed by atoms with Gasteiger partial charge in [0.2, 0.25) is 0 Å². The molecule has 0 saturated heterocycles. The third-order valence-corrected chi connectivity index (χ3v) is 6.65. The number of hydrogen-bond acceptors (Lipinski definition) is 6. The molecule has 2 atom stereocenters. The predicted molar refractivity (Wildman–Crippen MR) is 143 cm³/mol. The van der Waals surface area contributed by atoms with Crippen molar-refractivity contribution < 1.29 is 30.0 Å². The lowest BCUT2D eigenvalue weighted by molar-refractivity contribution is -0.126. The van der Waals surface area contributed by atoms with Crippen LogP contribution in [0.3, 0.4) is 0 Å². The molecule has 2 rings (SSSR count). The minimum atomic E-state index is -0.917. The van der Waals surface area contributed by atoms with E-state index in [4.69, 9.17) is 10.2 Å². The number of aliphatic hydroxyl groups is 4. The second kappa shape index (κ2) is 13.1. The van der Waals surface area contributed by atoms with Gasteiger partial charge >= 0.3 is 0 Å². The van der Waals surface area contributed by atoms with Gasteiger partial charge in [0.15, 0.2) is 11.6 Å². The Morgan fingerprint density at radius 3 is 1.92 bits per heavy atom. The molecule has 0 fully saturated rings. The summed E-state index contributed by atoms with van der Waals surface area (Å²) in [7, 11) is 0. The highest BCUT2D eigenvalue weighted by Gasteiger charge is 2.38. The summed E-state index contributed by atoms with van der Waals surface area (Å²) in [5, 5.41) is 37.0. The molecule has 36 heavy (non-hydrogen) atoms. The van der Waals surface area contributed by atoms with Crippen LogP contribution in [-0.2, 0) is 9.59 Å². The molecule has 6 heteroatoms. The third kappa shape index (κ3) is 8.25. The Balaban J connectivity index is 0.000000360. The first-order valence-electron chi connectivity index (χ1n) is 12.2. The maximum absolute atomic E-state index is 11.8. The first kappa shape index (κ1) is 31.5. The van der Waals surface area contributed by atoms with Gasteiger partial charge < -0.3 is 20.4 Å². The molecule has 0 aromatic heterocycles. The Bertz CT molecular complexity index is 1070. The van der Waals surface area contributed by atoms with Crippen LogP contribution in [0.15, 0.2) is 57.7 Å². The molecule has 0 aliphatic heterocycles. The van der Waals surface area contributed by atoms with Crippen molar-refractivity contribution in [1.82, 2.24) is 0 Å². The summed E-state index contributed by atoms with van der Waals surface area (Å²) in [5.41, 5.74) is 4.12. The van der Waals surface area contributed by atoms with E-state index in [1.54, 1.807) is 26.0 Å². The zero-order valence-electron chi connectivity index (χ0n) is 22.9. The molecular formula is C30H42O6. The van der Waals surface area contributed by atoms with E-state index in [-0.39, 0.29) is 35.6 Å². The number of hydrogen-bond donors (Lipinski definition) is 4. The van der Waals surface area contributed by atoms with Crippen LogP contribution >= 0.6 is 0 Å². The van der Waals surface area contributed by atoms with Crippen LogP contribution in [0.2, 0.25) is 0 Å². The average molecular weight is 499 g/mol. The Kier molecular flexibility index (Phi) is 11.5. The lowest BCUT2D eigenvalue weighted by Crippen LogP contribution is -2.35. The SMILES string of the molecule is CC1=C(/C=C/C(C)=C/CO)C(C)(C)CC(O)C1=O.CC1=C(C#C/C(C)=C/CO)C(C)(C)CC(O)C1=O. The van der Waals surface area contributed by atoms with Crippen molar-refractivity contribution >= 4 is 11.6 Å². The molecule has 0 heterocycles. The van der Waals surface area contributed by atoms with Gasteiger partial charge in [-0.15, -0.1) is 0 Å². The largest absolute Gasteiger partial charge is 0.392 e. The summed E-state index contributed by atoms with van der Waals surface area (Å²) in [6, 6.07) is 0. The van der Waals surface area contributed by atoms with E-state index in [0.717, 1.165) is 22.3 Å². The summed E-state index contributed by atoms with van der Waals surface area (Å²) < 4.78 is 0. The van der Waals surface area contributed by atoms with Gasteiger partial charge in [-0.1, -0.05) is 63.3 Å². The lowest BCUT2D eigenvalue weighted by Gasteiger charge is -2.34. The first-order chi connectivity index (χ1) is 16.6. The highest BCUT2D eigenvalue weighted by molar-refractivity contribution is 6.01. The normalized spacial score (nSPS) is 24.4. The quantitative estimate of drug-likeness (QED) is 0.347. The van der Waals surface area contributed by atoms with Gasteiger partial charge in [-0.2, -0.15) is 0 Å². The van der Waals surface area contributed by atoms with Crippen LogP contribution in [0.1, 0.15) is 68.2 Å². The Morgan fingerprint density at radius 2 is 1.39 bits per heavy atom. The summed E-state index contributed by atoms with van der Waals surface area (Å²) in [5.74, 6) is 5.53. The number of rotatable bonds is 4. The number of allylic oxidation sites excluding steroid dienone is 6. The predicted octanol–water partition coefficient (Wildman–Crippen LogP) is 3.76. The molecule has 0 amide bonds. The molecule has 0 aromatic rings. The number of carbonyl (C=O) groups excluding carboxylic acids is 2. The first-order valence-corrected chi connectivity index (χ1v) is 12.2. The monoisotopic (exact) mass is 498 g/mol. The lowest BCUT2D eigenvalue weighted by atomic mass is 9.71. The highest BCUT2D eigenvalue weighted by atomic mass is 16.3. The maximum Gasteiger partial charge on any atom is 0.187 e. The minimum Gasteiger partial charge on any atom is -0.392 e. The van der Waals surface area contributed by atoms with Gasteiger partial charge in [-0.05, 0) is 68.7 Å². The average Bonchev–Trinajstić information content (AvgIpc) is 2.76. The number of aliphatic hydroxyl groups excluding tert-OH is 4. The smallest absolute Gasteiger partial charge is 0.187 e. The molecule has 6 nitrogen and oxygen atoms in total. The van der Waals surface area contributed by atoms with Crippen LogP contribution < -0.4 is 0 Å². The van der Waals surface area contributed by atoms with Gasteiger partial charge in [0.05, 0.1) is 13.2 Å². The van der Waals surface area contributed by atoms with Crippen LogP contribution in [0.25, 0.3) is 0 Å². The standard InChI is InChI=1S/C15H22O3.C15H20O3/c2*1-10(7-8-16)5-6-12-11(2)14(18)13(17)9-15(12,3)4/h5-7,13,16-17H,8-9H2,1-4H3;7,13,16-17H,8-9H2,1-4H3/b6-5+,10-7+;10-7+. The second-order valence-corrected chi connectivity index (χ2v) is 10.8. The van der Waals surface area contributed by atoms with E-state index in [0.29, 0.717) is 24.0 Å². The van der Waals surface area contributed by atoms with Crippen LogP contribution in [0, 0.1) is 22.7 Å². The van der Waals surface area contributed by atoms with Gasteiger partial charge in [0, 0.05) is 16.6 Å². The third-order valence-electron chi connectivity index (χ3n) is 6.65. The van der Waals surface area contributed by atoms with Gasteiger partial charge in [-0.3, -0.25) is 9.59 Å². The molecule has 0 spiro atoms. The van der Waals surface area contributed by atoms with Crippen molar-refractivity contribution in [2.24, 2.45) is 10.8 Å². The van der Waals surface area contributed by atoms with E-state index in [2.05, 4.69) is 11.8 Å². The molecule has 2 aliphatic carbocycles. The van der Waals surface area contributed by atoms with Crippen molar-refractivity contribution in [3.8, 4) is 11.8 Å². The number of carbonyl (C=O) groups is 2. The van der Waals surface area contributed by atoms with Crippen molar-refractivity contribution in [3.63, 3.8) is 0 Å². The van der Waals surface area contributed by atoms with Gasteiger partial charge in [-0.25, -0.2) is 0 Å². The Hall–Kier alpha value is -2.56. The van der Waals surface area contributed by atoms with Crippen LogP contribution in [0.5, 0.6) is 0 Å². The topological polar surface area (TPSA) is 115 Å². The molecule has 0 aromatic carbocycles. The fourth-order valence-electron chi connectivity index (χ4n) is 4.52. The number of Topliss-reactive ketones (excluding diaryl/α,β-unsaturated/α-hetero) is 2. The zero-order valence-corrected chi connectivity index (χ0v) is 22.9. The van der Waals surface area contributed by atoms with Crippen molar-refractivity contribution in [2.45, 2.75) is 80.4 Å². The van der Waals surface area contributed by atoms with Gasteiger partial charge in [0.1, 0.15) is 12.2 Å². The molecule has 2 unspecified atom stereocenters. The van der Waals surface area contributed by atoms with Crippen LogP contribution in [-0.4, -0.2) is 57.4 Å². The zero-order chi connectivity index (χ0) is 27.8. The molecule has 0 saturated carbocycles. The summed E-state index contributed by atoms with van der Waals surface area (Å²) in [6.07, 6.45) is 6.18. The second-order valence-electron chi connectivity index (χ2n) is 10.8. The molecule has 0 radical (unpaired) electrons. The number of ketones is 2. The molecule has 0 bridgehead atoms. The van der Waals surface area contributed by atoms with Crippen molar-refractivity contribution in [2.75, 3.05) is 13.2 Å². The Labute approximate surface area is 215 Å². The summed E-state index contributed by atoms with van der Waals surface area (Å²) in [6.45, 7) is 15.1. The van der Waals surface area contributed by atoms with Crippen molar-refractivity contribution in [3.05, 3.63) is 57.7 Å². The molecular weight excluding hydrogens is 456 g/mol. The Morgan fingerprint density at radius 1 is 0.889 bits per heavy atom. The highest BCUT2D eigenvalue weighted by Crippen LogP contribution is 2.40. The van der Waals surface area contributed by atoms with Gasteiger partial charge in [0.25, 0.3) is 0 Å². The maximum atomic E-state index is 11.8. The van der Waals surface area contributed by atoms with E-state index in [1.165, 1.54) is 0 Å². The van der Waals surface area contributed by atoms with Crippen LogP contribution in [0.4, 0.5) is 0 Å². The van der Waals surface area contributed by atoms with E-state index in [1.807, 2.05) is 53.7 Å². The minimum absolute atomic E-state index is 0.00917. The molecule has 198 valence electrons. The van der Waals surface area contributed by atoms with E-state index < -0.39 is 12.2 Å². The summed E-state index contributed by atoms with van der Waals surface area (Å²) >= 11 is 0. The van der Waals surface area contributed by atoms with E-state index >= 15 is 0 Å². The summed E-state index contributed by atoms with van der Waals surface area (Å²) in [4.78, 5) is 23.6. The fourth-order valence-corrected chi connectivity index (χ4v) is 4.52. The molecule has 2 aliphatic rings. The van der Waals surface area contributed by atoms with Crippen molar-refractivity contribution in [1.29, 1.82) is 0 Å². The van der Waals surface area contributed by atoms with E-state index in [9.17, 15) is 19.8 Å².